The Morgan fingerprint density at radius 3 is 2.25 bits per heavy atom. The Hall–Kier alpha value is -2.04. The molecule has 5 nitrogen and oxygen atoms in total. The molecule has 1 aromatic rings. The number of carbonyl (C=O) groups is 2. The maximum Gasteiger partial charge on any atom is 0.408 e. The molecule has 1 rings (SSSR count). The summed E-state index contributed by atoms with van der Waals surface area (Å²) >= 11 is 0. The predicted molar refractivity (Wildman–Crippen MR) is 76.4 cm³/mol. The van der Waals surface area contributed by atoms with Crippen LogP contribution in [0.5, 0.6) is 5.75 Å². The van der Waals surface area contributed by atoms with Crippen molar-refractivity contribution in [3.05, 3.63) is 29.8 Å². The zero-order valence-corrected chi connectivity index (χ0v) is 12.5. The van der Waals surface area contributed by atoms with Gasteiger partial charge in [0.05, 0.1) is 18.7 Å². The van der Waals surface area contributed by atoms with Gasteiger partial charge in [0, 0.05) is 5.54 Å². The van der Waals surface area contributed by atoms with E-state index in [0.717, 1.165) is 4.90 Å². The molecule has 1 aromatic carbocycles. The summed E-state index contributed by atoms with van der Waals surface area (Å²) in [4.78, 5) is 25.1. The summed E-state index contributed by atoms with van der Waals surface area (Å²) < 4.78 is 5.16. The van der Waals surface area contributed by atoms with Crippen molar-refractivity contribution in [1.82, 2.24) is 4.90 Å². The highest BCUT2D eigenvalue weighted by atomic mass is 16.5. The molecule has 0 spiro atoms. The number of Topliss-reactive ketones (excluding diaryl/α,β-unsaturated/α-hetero) is 1. The number of nitrogens with zero attached hydrogens (tertiary/aromatic N) is 1. The Balaban J connectivity index is 3.16. The van der Waals surface area contributed by atoms with E-state index in [9.17, 15) is 14.7 Å². The summed E-state index contributed by atoms with van der Waals surface area (Å²) in [7, 11) is 1.48. The van der Waals surface area contributed by atoms with Crippen LogP contribution in [0.3, 0.4) is 0 Å². The first-order chi connectivity index (χ1) is 9.20. The molecule has 0 aliphatic carbocycles. The van der Waals surface area contributed by atoms with Crippen LogP contribution in [-0.4, -0.2) is 40.6 Å². The summed E-state index contributed by atoms with van der Waals surface area (Å²) in [6, 6.07) is 6.02. The van der Waals surface area contributed by atoms with Gasteiger partial charge in [-0.3, -0.25) is 9.69 Å². The van der Waals surface area contributed by atoms with E-state index in [1.54, 1.807) is 52.0 Å². The molecule has 1 N–H and O–H groups in total. The van der Waals surface area contributed by atoms with Crippen LogP contribution < -0.4 is 4.74 Å². The highest BCUT2D eigenvalue weighted by molar-refractivity contribution is 6.03. The number of ketones is 1. The van der Waals surface area contributed by atoms with Gasteiger partial charge in [0.1, 0.15) is 5.75 Å². The van der Waals surface area contributed by atoms with Crippen LogP contribution in [0, 0.1) is 0 Å². The average Bonchev–Trinajstić information content (AvgIpc) is 2.35. The first-order valence-corrected chi connectivity index (χ1v) is 6.39. The molecule has 1 unspecified atom stereocenters. The summed E-state index contributed by atoms with van der Waals surface area (Å²) in [6.45, 7) is 6.86. The van der Waals surface area contributed by atoms with Gasteiger partial charge in [0.15, 0.2) is 5.78 Å². The molecule has 5 heteroatoms. The molecule has 0 radical (unpaired) electrons. The molecular formula is C15H21NO4. The number of benzene rings is 1. The molecule has 0 saturated carbocycles. The lowest BCUT2D eigenvalue weighted by Crippen LogP contribution is -2.53. The largest absolute Gasteiger partial charge is 0.496 e. The molecule has 20 heavy (non-hydrogen) atoms. The topological polar surface area (TPSA) is 66.8 Å². The monoisotopic (exact) mass is 279 g/mol. The van der Waals surface area contributed by atoms with E-state index in [2.05, 4.69) is 0 Å². The van der Waals surface area contributed by atoms with E-state index in [4.69, 9.17) is 4.74 Å². The van der Waals surface area contributed by atoms with Gasteiger partial charge in [-0.2, -0.15) is 0 Å². The number of carbonyl (C=O) groups excluding carboxylic acids is 1. The molecular weight excluding hydrogens is 258 g/mol. The average molecular weight is 279 g/mol. The second-order valence-corrected chi connectivity index (χ2v) is 5.56. The fourth-order valence-corrected chi connectivity index (χ4v) is 2.22. The van der Waals surface area contributed by atoms with Crippen molar-refractivity contribution in [2.75, 3.05) is 7.11 Å². The number of carboxylic acid groups (broad SMARTS) is 1. The third kappa shape index (κ3) is 3.29. The molecule has 0 aliphatic rings. The second-order valence-electron chi connectivity index (χ2n) is 5.56. The zero-order chi connectivity index (χ0) is 15.5. The predicted octanol–water partition coefficient (Wildman–Crippen LogP) is 3.04. The van der Waals surface area contributed by atoms with E-state index in [1.165, 1.54) is 7.11 Å². The molecule has 0 saturated heterocycles. The lowest BCUT2D eigenvalue weighted by atomic mass is 9.98. The fourth-order valence-electron chi connectivity index (χ4n) is 2.22. The van der Waals surface area contributed by atoms with Crippen molar-refractivity contribution in [3.63, 3.8) is 0 Å². The number of methoxy groups -OCH3 is 1. The maximum absolute atomic E-state index is 12.5. The lowest BCUT2D eigenvalue weighted by Gasteiger charge is -2.37. The number of amides is 1. The molecule has 0 bridgehead atoms. The van der Waals surface area contributed by atoms with E-state index in [1.807, 2.05) is 0 Å². The van der Waals surface area contributed by atoms with Crippen molar-refractivity contribution < 1.29 is 19.4 Å². The maximum atomic E-state index is 12.5. The van der Waals surface area contributed by atoms with Crippen molar-refractivity contribution in [3.8, 4) is 5.75 Å². The van der Waals surface area contributed by atoms with Crippen molar-refractivity contribution in [2.24, 2.45) is 0 Å². The molecule has 1 atom stereocenters. The van der Waals surface area contributed by atoms with Gasteiger partial charge < -0.3 is 9.84 Å². The van der Waals surface area contributed by atoms with Gasteiger partial charge in [0.25, 0.3) is 0 Å². The van der Waals surface area contributed by atoms with Crippen LogP contribution in [0.15, 0.2) is 24.3 Å². The Bertz CT molecular complexity index is 505. The lowest BCUT2D eigenvalue weighted by molar-refractivity contribution is 0.0587. The number of ether oxygens (including phenoxy) is 1. The van der Waals surface area contributed by atoms with E-state index in [-0.39, 0.29) is 5.78 Å². The van der Waals surface area contributed by atoms with E-state index < -0.39 is 17.7 Å². The van der Waals surface area contributed by atoms with Crippen LogP contribution in [-0.2, 0) is 0 Å². The Labute approximate surface area is 119 Å². The third-order valence-corrected chi connectivity index (χ3v) is 3.07. The third-order valence-electron chi connectivity index (χ3n) is 3.07. The first kappa shape index (κ1) is 16.0. The van der Waals surface area contributed by atoms with Gasteiger partial charge in [-0.25, -0.2) is 4.79 Å². The molecule has 0 aliphatic heterocycles. The number of hydrogen-bond donors (Lipinski definition) is 1. The minimum Gasteiger partial charge on any atom is -0.496 e. The SMILES string of the molecule is COc1ccccc1C(=O)C(C)N(C(=O)O)C(C)(C)C. The zero-order valence-electron chi connectivity index (χ0n) is 12.5. The van der Waals surface area contributed by atoms with Gasteiger partial charge in [0.2, 0.25) is 0 Å². The molecule has 0 fully saturated rings. The standard InChI is InChI=1S/C15H21NO4/c1-10(16(14(18)19)15(2,3)4)13(17)11-8-6-7-9-12(11)20-5/h6-10H,1-5H3,(H,18,19). The van der Waals surface area contributed by atoms with E-state index >= 15 is 0 Å². The summed E-state index contributed by atoms with van der Waals surface area (Å²) in [5.74, 6) is 0.170. The normalized spacial score (nSPS) is 12.7. The number of para-hydroxylation sites is 1. The molecule has 0 heterocycles. The van der Waals surface area contributed by atoms with E-state index in [0.29, 0.717) is 11.3 Å². The summed E-state index contributed by atoms with van der Waals surface area (Å²) in [6.07, 6.45) is -1.12. The Kier molecular flexibility index (Phi) is 4.76. The fraction of sp³-hybridized carbons (Fsp3) is 0.467. The molecule has 110 valence electrons. The number of rotatable bonds is 4. The molecule has 0 aromatic heterocycles. The Morgan fingerprint density at radius 2 is 1.80 bits per heavy atom. The van der Waals surface area contributed by atoms with Crippen LogP contribution in [0.4, 0.5) is 4.79 Å². The van der Waals surface area contributed by atoms with Crippen LogP contribution in [0.2, 0.25) is 0 Å². The number of hydrogen-bond acceptors (Lipinski definition) is 3. The molecule has 1 amide bonds. The van der Waals surface area contributed by atoms with Gasteiger partial charge >= 0.3 is 6.09 Å². The minimum absolute atomic E-state index is 0.278. The van der Waals surface area contributed by atoms with Crippen LogP contribution >= 0.6 is 0 Å². The van der Waals surface area contributed by atoms with Gasteiger partial charge in [-0.15, -0.1) is 0 Å². The van der Waals surface area contributed by atoms with Gasteiger partial charge in [-0.1, -0.05) is 12.1 Å². The smallest absolute Gasteiger partial charge is 0.408 e. The van der Waals surface area contributed by atoms with Gasteiger partial charge in [-0.05, 0) is 39.8 Å². The van der Waals surface area contributed by atoms with Crippen LogP contribution in [0.1, 0.15) is 38.1 Å². The first-order valence-electron chi connectivity index (χ1n) is 6.39. The van der Waals surface area contributed by atoms with Crippen LogP contribution in [0.25, 0.3) is 0 Å². The summed E-state index contributed by atoms with van der Waals surface area (Å²) in [5.41, 5.74) is -0.277. The highest BCUT2D eigenvalue weighted by Gasteiger charge is 2.35. The quantitative estimate of drug-likeness (QED) is 0.860. The minimum atomic E-state index is -1.12. The Morgan fingerprint density at radius 1 is 1.25 bits per heavy atom. The highest BCUT2D eigenvalue weighted by Crippen LogP contribution is 2.24. The van der Waals surface area contributed by atoms with Crippen molar-refractivity contribution >= 4 is 11.9 Å². The van der Waals surface area contributed by atoms with Crippen molar-refractivity contribution in [2.45, 2.75) is 39.3 Å². The van der Waals surface area contributed by atoms with Crippen molar-refractivity contribution in [1.29, 1.82) is 0 Å². The second kappa shape index (κ2) is 5.94. The summed E-state index contributed by atoms with van der Waals surface area (Å²) in [5, 5.41) is 9.34.